The molecule has 3 atom stereocenters. The molecule has 4 fully saturated rings. The highest BCUT2D eigenvalue weighted by Gasteiger charge is 2.59. The van der Waals surface area contributed by atoms with Gasteiger partial charge in [-0.25, -0.2) is 31.9 Å². The summed E-state index contributed by atoms with van der Waals surface area (Å²) in [7, 11) is -3.38. The number of H-pyrrole nitrogens is 1. The number of aryl methyl sites for hydroxylation is 2. The summed E-state index contributed by atoms with van der Waals surface area (Å²) in [6.45, 7) is 9.31. The number of rotatable bonds is 10. The van der Waals surface area contributed by atoms with Crippen molar-refractivity contribution in [1.82, 2.24) is 34.1 Å². The fourth-order valence-electron chi connectivity index (χ4n) is 10.8. The van der Waals surface area contributed by atoms with Crippen LogP contribution in [0.5, 0.6) is 0 Å². The van der Waals surface area contributed by atoms with Crippen LogP contribution in [0.1, 0.15) is 108 Å². The molecule has 1 N–H and O–H groups in total. The maximum Gasteiger partial charge on any atom is 0.438 e. The Hall–Kier alpha value is -6.40. The number of carbonyl (C=O) groups excluding carboxylic acids is 2. The molecule has 348 valence electrons. The van der Waals surface area contributed by atoms with Gasteiger partial charge in [0, 0.05) is 55.9 Å². The fourth-order valence-corrected chi connectivity index (χ4v) is 12.4. The van der Waals surface area contributed by atoms with E-state index in [1.54, 1.807) is 60.0 Å². The van der Waals surface area contributed by atoms with Crippen molar-refractivity contribution in [1.29, 1.82) is 0 Å². The summed E-state index contributed by atoms with van der Waals surface area (Å²) in [5.41, 5.74) is 3.56. The number of hydrogen-bond donors (Lipinski definition) is 1. The summed E-state index contributed by atoms with van der Waals surface area (Å²) >= 11 is 0. The molecule has 0 bridgehead atoms. The third kappa shape index (κ3) is 7.04. The van der Waals surface area contributed by atoms with Gasteiger partial charge in [-0.05, 0) is 136 Å². The van der Waals surface area contributed by atoms with E-state index in [0.29, 0.717) is 78.0 Å². The van der Waals surface area contributed by atoms with Gasteiger partial charge in [-0.15, -0.1) is 0 Å². The van der Waals surface area contributed by atoms with Crippen LogP contribution in [-0.4, -0.2) is 92.5 Å². The highest BCUT2D eigenvalue weighted by Crippen LogP contribution is 2.56. The van der Waals surface area contributed by atoms with Gasteiger partial charge < -0.3 is 19.1 Å². The van der Waals surface area contributed by atoms with Crippen LogP contribution in [0, 0.1) is 25.6 Å². The van der Waals surface area contributed by atoms with E-state index >= 15 is 9.18 Å². The molecule has 3 amide bonds. The summed E-state index contributed by atoms with van der Waals surface area (Å²) < 4.78 is 54.8. The Morgan fingerprint density at radius 2 is 1.64 bits per heavy atom. The van der Waals surface area contributed by atoms with Gasteiger partial charge in [-0.3, -0.25) is 24.0 Å². The quantitative estimate of drug-likeness (QED) is 0.160. The first kappa shape index (κ1) is 43.2. The number of sulfone groups is 1. The number of nitrogens with one attached hydrogen (secondary N) is 1. The number of benzene rings is 3. The zero-order valence-electron chi connectivity index (χ0n) is 37.8. The lowest BCUT2D eigenvalue weighted by atomic mass is 9.91. The van der Waals surface area contributed by atoms with Crippen LogP contribution in [0.3, 0.4) is 0 Å². The Morgan fingerprint density at radius 3 is 2.30 bits per heavy atom. The number of urea groups is 1. The van der Waals surface area contributed by atoms with Crippen molar-refractivity contribution < 1.29 is 31.7 Å². The van der Waals surface area contributed by atoms with E-state index in [0.717, 1.165) is 34.9 Å². The normalized spacial score (nSPS) is 22.2. The molecule has 0 radical (unpaired) electrons. The maximum atomic E-state index is 15.3. The lowest BCUT2D eigenvalue weighted by Crippen LogP contribution is -2.45. The van der Waals surface area contributed by atoms with Crippen LogP contribution >= 0.6 is 0 Å². The molecule has 3 aliphatic heterocycles. The Morgan fingerprint density at radius 1 is 0.925 bits per heavy atom. The number of carbonyl (C=O) groups is 2. The number of halogens is 1. The average Bonchev–Trinajstić information content (AvgIpc) is 4.16. The first-order valence-electron chi connectivity index (χ1n) is 23.1. The van der Waals surface area contributed by atoms with Gasteiger partial charge in [0.15, 0.2) is 15.7 Å². The molecular weight excluding hydrogens is 880 g/mol. The lowest BCUT2D eigenvalue weighted by Gasteiger charge is -2.36. The van der Waals surface area contributed by atoms with Crippen molar-refractivity contribution in [3.05, 3.63) is 132 Å². The SMILES string of the molecule is Cc1cc(-n2c(N3CCN(Cc4ccc(S(=O)(=O)C5CC5)cc4)C3=O)nc3c(c2=O)CCN(C(=O)c2cc4cc(C5CCOCC5)ccc4n2[C@]2(c4noc(=O)[nH]4)C[C@@H]2C)[C@@H]3C)cc(C)c1F. The van der Waals surface area contributed by atoms with Crippen molar-refractivity contribution in [2.45, 2.75) is 100 Å². The zero-order chi connectivity index (χ0) is 46.7. The third-order valence-corrected chi connectivity index (χ3v) is 17.1. The van der Waals surface area contributed by atoms with Crippen LogP contribution in [-0.2, 0) is 33.1 Å². The molecule has 2 aliphatic carbocycles. The van der Waals surface area contributed by atoms with Crippen molar-refractivity contribution in [2.75, 3.05) is 37.7 Å². The number of fused-ring (bicyclic) bond motifs is 2. The number of aromatic amines is 1. The first-order chi connectivity index (χ1) is 32.1. The summed E-state index contributed by atoms with van der Waals surface area (Å²) in [5.74, 6) is -0.705. The predicted molar refractivity (Wildman–Crippen MR) is 245 cm³/mol. The summed E-state index contributed by atoms with van der Waals surface area (Å²) in [6, 6.07) is 16.8. The molecular formula is C49H51FN8O8S. The van der Waals surface area contributed by atoms with E-state index < -0.39 is 44.6 Å². The van der Waals surface area contributed by atoms with Crippen molar-refractivity contribution in [3.8, 4) is 5.69 Å². The molecule has 2 saturated heterocycles. The Labute approximate surface area is 385 Å². The topological polar surface area (TPSA) is 186 Å². The van der Waals surface area contributed by atoms with E-state index in [1.807, 2.05) is 30.5 Å². The maximum absolute atomic E-state index is 15.3. The molecule has 0 spiro atoms. The van der Waals surface area contributed by atoms with Crippen LogP contribution in [0.25, 0.3) is 16.6 Å². The van der Waals surface area contributed by atoms with E-state index in [2.05, 4.69) is 22.3 Å². The number of nitrogens with zero attached hydrogens (tertiary/aromatic N) is 7. The van der Waals surface area contributed by atoms with Gasteiger partial charge in [0.2, 0.25) is 5.95 Å². The minimum Gasteiger partial charge on any atom is -0.381 e. The Balaban J connectivity index is 0.974. The molecule has 11 rings (SSSR count). The van der Waals surface area contributed by atoms with Gasteiger partial charge in [-0.1, -0.05) is 30.3 Å². The lowest BCUT2D eigenvalue weighted by molar-refractivity contribution is 0.0658. The highest BCUT2D eigenvalue weighted by molar-refractivity contribution is 7.92. The number of aromatic nitrogens is 5. The molecule has 3 aromatic carbocycles. The second-order valence-electron chi connectivity index (χ2n) is 19.0. The van der Waals surface area contributed by atoms with Crippen LogP contribution in [0.15, 0.2) is 79.7 Å². The molecule has 16 nitrogen and oxygen atoms in total. The van der Waals surface area contributed by atoms with Gasteiger partial charge in [0.05, 0.1) is 27.6 Å². The average molecular weight is 931 g/mol. The minimum atomic E-state index is -3.38. The van der Waals surface area contributed by atoms with E-state index in [-0.39, 0.29) is 60.5 Å². The zero-order valence-corrected chi connectivity index (χ0v) is 38.6. The summed E-state index contributed by atoms with van der Waals surface area (Å²) in [5, 5.41) is 4.67. The standard InChI is InChI=1S/C49H51FN8O8S/c1-27-21-35(22-28(2)41(27)50)57-43(59)38-13-16-55(30(4)42(38)51-46(57)56-18-17-54(48(56)62)26-31-5-8-36(9-6-31)67(63,64)37-10-11-37)44(60)40-24-34-23-33(32-14-19-65-20-15-32)7-12-39(34)58(40)49(25-29(49)3)45-52-47(61)66-53-45/h5-9,12,21-24,29-30,32,37H,10-11,13-20,25-26H2,1-4H3,(H,52,53,61)/t29-,30+,49+/m0/s1. The van der Waals surface area contributed by atoms with Crippen LogP contribution < -0.4 is 16.2 Å². The van der Waals surface area contributed by atoms with Crippen LogP contribution in [0.2, 0.25) is 0 Å². The second-order valence-corrected chi connectivity index (χ2v) is 21.2. The number of amides is 3. The largest absolute Gasteiger partial charge is 0.438 e. The molecule has 18 heteroatoms. The van der Waals surface area contributed by atoms with Gasteiger partial charge >= 0.3 is 11.8 Å². The second kappa shape index (κ2) is 15.9. The molecule has 3 aromatic heterocycles. The van der Waals surface area contributed by atoms with Crippen molar-refractivity contribution in [2.24, 2.45) is 5.92 Å². The number of anilines is 1. The molecule has 6 aromatic rings. The highest BCUT2D eigenvalue weighted by atomic mass is 32.2. The molecule has 67 heavy (non-hydrogen) atoms. The Bertz CT molecular complexity index is 3230. The summed E-state index contributed by atoms with van der Waals surface area (Å²) in [4.78, 5) is 70.1. The van der Waals surface area contributed by atoms with Crippen molar-refractivity contribution >= 4 is 38.6 Å². The number of hydrogen-bond acceptors (Lipinski definition) is 10. The number of ether oxygens (including phenoxy) is 1. The fraction of sp³-hybridized carbons (Fsp3) is 0.429. The minimum absolute atomic E-state index is 0.00750. The van der Waals surface area contributed by atoms with Gasteiger partial charge in [0.25, 0.3) is 11.5 Å². The molecule has 5 aliphatic rings. The van der Waals surface area contributed by atoms with Gasteiger partial charge in [0.1, 0.15) is 17.1 Å². The Kier molecular flexibility index (Phi) is 10.2. The molecule has 2 saturated carbocycles. The van der Waals surface area contributed by atoms with Gasteiger partial charge in [-0.2, -0.15) is 0 Å². The first-order valence-corrected chi connectivity index (χ1v) is 24.6. The summed E-state index contributed by atoms with van der Waals surface area (Å²) in [6.07, 6.45) is 3.86. The monoisotopic (exact) mass is 930 g/mol. The van der Waals surface area contributed by atoms with E-state index in [9.17, 15) is 22.8 Å². The third-order valence-electron chi connectivity index (χ3n) is 14.8. The molecule has 0 unspecified atom stereocenters. The van der Waals surface area contributed by atoms with E-state index in [1.165, 1.54) is 9.47 Å². The van der Waals surface area contributed by atoms with Crippen LogP contribution in [0.4, 0.5) is 15.1 Å². The molecule has 6 heterocycles. The van der Waals surface area contributed by atoms with E-state index in [4.69, 9.17) is 14.2 Å². The van der Waals surface area contributed by atoms with Crippen molar-refractivity contribution in [3.63, 3.8) is 0 Å². The smallest absolute Gasteiger partial charge is 0.381 e. The predicted octanol–water partition coefficient (Wildman–Crippen LogP) is 6.43.